The summed E-state index contributed by atoms with van der Waals surface area (Å²) in [5, 5.41) is 0. The van der Waals surface area contributed by atoms with Crippen LogP contribution in [-0.4, -0.2) is 35.6 Å². The first-order valence-electron chi connectivity index (χ1n) is 4.44. The van der Waals surface area contributed by atoms with Gasteiger partial charge in [0.1, 0.15) is 5.78 Å². The van der Waals surface area contributed by atoms with Gasteiger partial charge in [0, 0.05) is 23.2 Å². The van der Waals surface area contributed by atoms with Crippen molar-refractivity contribution in [3.63, 3.8) is 0 Å². The first-order valence-corrected chi connectivity index (χ1v) is 5.36. The fraction of sp³-hybridized carbons (Fsp3) is 0.889. The summed E-state index contributed by atoms with van der Waals surface area (Å²) in [6, 6.07) is 0.502. The van der Waals surface area contributed by atoms with Crippen LogP contribution in [0.5, 0.6) is 0 Å². The van der Waals surface area contributed by atoms with Crippen molar-refractivity contribution in [1.82, 2.24) is 4.90 Å². The molecule has 0 radical (unpaired) electrons. The van der Waals surface area contributed by atoms with Crippen molar-refractivity contribution in [2.24, 2.45) is 11.8 Å². The lowest BCUT2D eigenvalue weighted by atomic mass is 10.00. The minimum absolute atomic E-state index is 0.314. The summed E-state index contributed by atoms with van der Waals surface area (Å²) in [5.41, 5.74) is 0. The first-order chi connectivity index (χ1) is 5.61. The molecule has 0 saturated heterocycles. The largest absolute Gasteiger partial charge is 0.305 e. The van der Waals surface area contributed by atoms with Crippen LogP contribution in [0, 0.1) is 11.8 Å². The van der Waals surface area contributed by atoms with Gasteiger partial charge in [-0.05, 0) is 26.4 Å². The van der Waals surface area contributed by atoms with Crippen LogP contribution in [0.2, 0.25) is 0 Å². The fourth-order valence-corrected chi connectivity index (χ4v) is 3.67. The molecule has 0 aromatic heterocycles. The summed E-state index contributed by atoms with van der Waals surface area (Å²) < 4.78 is 0. The Kier molecular flexibility index (Phi) is 2.04. The minimum atomic E-state index is 0.314. The molecule has 68 valence electrons. The van der Waals surface area contributed by atoms with Crippen LogP contribution in [0.15, 0.2) is 0 Å². The number of nitrogens with zero attached hydrogens (tertiary/aromatic N) is 1. The molecule has 4 unspecified atom stereocenters. The maximum atomic E-state index is 11.4. The fourth-order valence-electron chi connectivity index (χ4n) is 2.77. The van der Waals surface area contributed by atoms with Crippen molar-refractivity contribution >= 4 is 21.7 Å². The summed E-state index contributed by atoms with van der Waals surface area (Å²) in [7, 11) is 4.16. The number of Topliss-reactive ketones (excluding diaryl/α,β-unsaturated/α-hetero) is 1. The molecule has 0 spiro atoms. The molecule has 0 N–H and O–H groups in total. The number of hydrogen-bond donors (Lipinski definition) is 0. The molecule has 2 saturated carbocycles. The van der Waals surface area contributed by atoms with Crippen LogP contribution in [-0.2, 0) is 4.79 Å². The minimum Gasteiger partial charge on any atom is -0.305 e. The van der Waals surface area contributed by atoms with E-state index in [-0.39, 0.29) is 0 Å². The molecule has 2 rings (SSSR count). The molecule has 2 aliphatic rings. The van der Waals surface area contributed by atoms with Crippen molar-refractivity contribution in [2.75, 3.05) is 14.1 Å². The van der Waals surface area contributed by atoms with Crippen LogP contribution in [0.25, 0.3) is 0 Å². The third-order valence-corrected chi connectivity index (χ3v) is 4.29. The van der Waals surface area contributed by atoms with Crippen molar-refractivity contribution in [1.29, 1.82) is 0 Å². The van der Waals surface area contributed by atoms with Crippen LogP contribution in [0.1, 0.15) is 12.8 Å². The molecule has 0 heterocycles. The average molecular weight is 232 g/mol. The molecule has 2 fully saturated rings. The number of carbonyl (C=O) groups excluding carboxylic acids is 1. The van der Waals surface area contributed by atoms with E-state index < -0.39 is 0 Å². The second kappa shape index (κ2) is 2.81. The van der Waals surface area contributed by atoms with Crippen LogP contribution >= 0.6 is 15.9 Å². The molecular weight excluding hydrogens is 218 g/mol. The number of alkyl halides is 1. The molecule has 0 amide bonds. The number of carbonyl (C=O) groups is 1. The van der Waals surface area contributed by atoms with E-state index in [1.165, 1.54) is 0 Å². The van der Waals surface area contributed by atoms with Crippen molar-refractivity contribution in [2.45, 2.75) is 23.7 Å². The molecule has 0 aliphatic heterocycles. The van der Waals surface area contributed by atoms with Crippen molar-refractivity contribution < 1.29 is 4.79 Å². The van der Waals surface area contributed by atoms with E-state index in [9.17, 15) is 4.79 Å². The van der Waals surface area contributed by atoms with E-state index in [1.807, 2.05) is 0 Å². The average Bonchev–Trinajstić information content (AvgIpc) is 2.41. The number of fused-ring (bicyclic) bond motifs is 2. The van der Waals surface area contributed by atoms with Gasteiger partial charge in [0.05, 0.1) is 0 Å². The Labute approximate surface area is 81.4 Å². The molecule has 2 aliphatic carbocycles. The highest BCUT2D eigenvalue weighted by atomic mass is 79.9. The predicted octanol–water partition coefficient (Wildman–Crippen LogP) is 1.29. The number of hydrogen-bond acceptors (Lipinski definition) is 2. The Morgan fingerprint density at radius 1 is 1.50 bits per heavy atom. The molecule has 2 bridgehead atoms. The summed E-state index contributed by atoms with van der Waals surface area (Å²) in [6.45, 7) is 0. The maximum Gasteiger partial charge on any atom is 0.137 e. The third-order valence-electron chi connectivity index (χ3n) is 3.24. The second-order valence-electron chi connectivity index (χ2n) is 4.15. The Morgan fingerprint density at radius 2 is 2.17 bits per heavy atom. The lowest BCUT2D eigenvalue weighted by Crippen LogP contribution is -2.33. The second-order valence-corrected chi connectivity index (χ2v) is 5.32. The van der Waals surface area contributed by atoms with E-state index in [2.05, 4.69) is 34.9 Å². The molecule has 12 heavy (non-hydrogen) atoms. The van der Waals surface area contributed by atoms with Crippen LogP contribution in [0.3, 0.4) is 0 Å². The summed E-state index contributed by atoms with van der Waals surface area (Å²) in [6.07, 6.45) is 1.84. The van der Waals surface area contributed by atoms with E-state index in [1.54, 1.807) is 0 Å². The Bertz CT molecular complexity index is 217. The topological polar surface area (TPSA) is 20.3 Å². The van der Waals surface area contributed by atoms with Gasteiger partial charge in [0.2, 0.25) is 0 Å². The Hall–Kier alpha value is 0.110. The van der Waals surface area contributed by atoms with Gasteiger partial charge < -0.3 is 4.90 Å². The third kappa shape index (κ3) is 1.06. The van der Waals surface area contributed by atoms with Gasteiger partial charge in [0.25, 0.3) is 0 Å². The Morgan fingerprint density at radius 3 is 2.50 bits per heavy atom. The number of rotatable bonds is 1. The molecule has 0 aromatic carbocycles. The van der Waals surface area contributed by atoms with Gasteiger partial charge in [-0.3, -0.25) is 4.79 Å². The Balaban J connectivity index is 2.22. The zero-order valence-electron chi connectivity index (χ0n) is 7.46. The SMILES string of the molecule is CN(C)C1C2CC(Br)C1CC2=O. The van der Waals surface area contributed by atoms with Gasteiger partial charge >= 0.3 is 0 Å². The molecule has 3 heteroatoms. The van der Waals surface area contributed by atoms with Crippen LogP contribution < -0.4 is 0 Å². The maximum absolute atomic E-state index is 11.4. The van der Waals surface area contributed by atoms with E-state index >= 15 is 0 Å². The molecule has 4 atom stereocenters. The predicted molar refractivity (Wildman–Crippen MR) is 51.4 cm³/mol. The van der Waals surface area contributed by atoms with Crippen molar-refractivity contribution in [3.05, 3.63) is 0 Å². The summed E-state index contributed by atoms with van der Waals surface area (Å²) >= 11 is 3.65. The van der Waals surface area contributed by atoms with Crippen molar-refractivity contribution in [3.8, 4) is 0 Å². The first kappa shape index (κ1) is 8.70. The van der Waals surface area contributed by atoms with Gasteiger partial charge in [-0.25, -0.2) is 0 Å². The number of halogens is 1. The van der Waals surface area contributed by atoms with E-state index in [0.717, 1.165) is 12.8 Å². The lowest BCUT2D eigenvalue weighted by Gasteiger charge is -2.23. The highest BCUT2D eigenvalue weighted by Gasteiger charge is 2.52. The summed E-state index contributed by atoms with van der Waals surface area (Å²) in [4.78, 5) is 14.2. The quantitative estimate of drug-likeness (QED) is 0.635. The molecular formula is C9H14BrNO. The monoisotopic (exact) mass is 231 g/mol. The smallest absolute Gasteiger partial charge is 0.137 e. The zero-order chi connectivity index (χ0) is 8.88. The lowest BCUT2D eigenvalue weighted by molar-refractivity contribution is -0.122. The standard InChI is InChI=1S/C9H14BrNO/c1-11(2)9-5-4-8(12)6(9)3-7(5)10/h5-7,9H,3-4H2,1-2H3. The van der Waals surface area contributed by atoms with Crippen LogP contribution in [0.4, 0.5) is 0 Å². The normalized spacial score (nSPS) is 46.2. The van der Waals surface area contributed by atoms with Gasteiger partial charge in [-0.1, -0.05) is 15.9 Å². The van der Waals surface area contributed by atoms with E-state index in [0.29, 0.717) is 28.5 Å². The highest BCUT2D eigenvalue weighted by Crippen LogP contribution is 2.47. The highest BCUT2D eigenvalue weighted by molar-refractivity contribution is 9.09. The molecule has 0 aromatic rings. The van der Waals surface area contributed by atoms with E-state index in [4.69, 9.17) is 0 Å². The molecule has 2 nitrogen and oxygen atoms in total. The number of ketones is 1. The zero-order valence-corrected chi connectivity index (χ0v) is 9.04. The summed E-state index contributed by atoms with van der Waals surface area (Å²) in [5.74, 6) is 1.36. The van der Waals surface area contributed by atoms with Gasteiger partial charge in [-0.15, -0.1) is 0 Å². The van der Waals surface area contributed by atoms with Gasteiger partial charge in [-0.2, -0.15) is 0 Å². The van der Waals surface area contributed by atoms with Gasteiger partial charge in [0.15, 0.2) is 0 Å².